The molecular formula is C12H16FN3O4S. The molecule has 116 valence electrons. The number of aldehydes is 1. The van der Waals surface area contributed by atoms with Crippen LogP contribution in [0.15, 0.2) is 18.2 Å². The first kappa shape index (κ1) is 16.0. The van der Waals surface area contributed by atoms with Crippen molar-refractivity contribution in [2.75, 3.05) is 18.0 Å². The molecule has 2 rings (SSSR count). The zero-order valence-corrected chi connectivity index (χ0v) is 11.9. The van der Waals surface area contributed by atoms with Crippen molar-refractivity contribution >= 4 is 23.2 Å². The van der Waals surface area contributed by atoms with Gasteiger partial charge in [0.2, 0.25) is 11.3 Å². The van der Waals surface area contributed by atoms with Crippen molar-refractivity contribution in [2.24, 2.45) is 5.73 Å². The minimum Gasteiger partial charge on any atom is -0.345 e. The Balaban J connectivity index is 2.15. The molecule has 0 aromatic heterocycles. The molecule has 0 amide bonds. The van der Waals surface area contributed by atoms with E-state index in [1.807, 2.05) is 0 Å². The number of nitrogens with zero attached hydrogens (tertiary/aromatic N) is 1. The van der Waals surface area contributed by atoms with E-state index in [0.717, 1.165) is 0 Å². The average Bonchev–Trinajstić information content (AvgIpc) is 2.89. The van der Waals surface area contributed by atoms with Gasteiger partial charge in [0.1, 0.15) is 5.82 Å². The summed E-state index contributed by atoms with van der Waals surface area (Å²) in [4.78, 5) is 12.6. The van der Waals surface area contributed by atoms with E-state index in [-0.39, 0.29) is 24.8 Å². The summed E-state index contributed by atoms with van der Waals surface area (Å²) in [5.41, 5.74) is 6.25. The van der Waals surface area contributed by atoms with Gasteiger partial charge >= 0.3 is 0 Å². The van der Waals surface area contributed by atoms with Crippen LogP contribution in [0.3, 0.4) is 0 Å². The van der Waals surface area contributed by atoms with Gasteiger partial charge in [0.05, 0.1) is 6.10 Å². The van der Waals surface area contributed by atoms with Crippen LogP contribution in [-0.2, 0) is 27.3 Å². The van der Waals surface area contributed by atoms with Crippen molar-refractivity contribution in [2.45, 2.75) is 18.9 Å². The van der Waals surface area contributed by atoms with Gasteiger partial charge in [-0.2, -0.15) is 0 Å². The average molecular weight is 317 g/mol. The summed E-state index contributed by atoms with van der Waals surface area (Å²) >= 11 is -2.20. The van der Waals surface area contributed by atoms with E-state index in [4.69, 9.17) is 15.0 Å². The number of nitrogens with one attached hydrogen (secondary N) is 1. The van der Waals surface area contributed by atoms with Crippen LogP contribution in [0.1, 0.15) is 5.56 Å². The van der Waals surface area contributed by atoms with Crippen molar-refractivity contribution in [1.29, 1.82) is 0 Å². The number of carbonyl (C=O) groups is 1. The summed E-state index contributed by atoms with van der Waals surface area (Å²) in [6, 6.07) is 4.37. The predicted molar refractivity (Wildman–Crippen MR) is 75.1 cm³/mol. The Hall–Kier alpha value is -1.39. The van der Waals surface area contributed by atoms with Gasteiger partial charge in [0.25, 0.3) is 0 Å². The van der Waals surface area contributed by atoms with Crippen LogP contribution in [0.5, 0.6) is 0 Å². The van der Waals surface area contributed by atoms with E-state index in [1.165, 1.54) is 12.1 Å². The third kappa shape index (κ3) is 3.83. The molecule has 1 aromatic carbocycles. The van der Waals surface area contributed by atoms with Crippen LogP contribution in [0.4, 0.5) is 10.1 Å². The SMILES string of the molecule is NC[C@H]1CN(c2ccc(CNS(=O)O)c(F)c2)C(C=O)O1. The number of ether oxygens (including phenoxy) is 1. The van der Waals surface area contributed by atoms with Crippen LogP contribution >= 0.6 is 0 Å². The normalized spacial score (nSPS) is 23.3. The summed E-state index contributed by atoms with van der Waals surface area (Å²) in [7, 11) is 0. The van der Waals surface area contributed by atoms with Crippen molar-refractivity contribution < 1.29 is 22.7 Å². The van der Waals surface area contributed by atoms with Crippen LogP contribution in [-0.4, -0.2) is 40.5 Å². The third-order valence-electron chi connectivity index (χ3n) is 3.17. The summed E-state index contributed by atoms with van der Waals surface area (Å²) < 4.78 is 40.7. The number of hydrogen-bond acceptors (Lipinski definition) is 5. The molecule has 9 heteroatoms. The fourth-order valence-electron chi connectivity index (χ4n) is 2.12. The van der Waals surface area contributed by atoms with Crippen LogP contribution in [0.2, 0.25) is 0 Å². The highest BCUT2D eigenvalue weighted by molar-refractivity contribution is 7.77. The van der Waals surface area contributed by atoms with Crippen LogP contribution < -0.4 is 15.4 Å². The first-order valence-corrected chi connectivity index (χ1v) is 7.36. The van der Waals surface area contributed by atoms with Crippen LogP contribution in [0.25, 0.3) is 0 Å². The molecule has 1 aliphatic heterocycles. The highest BCUT2D eigenvalue weighted by atomic mass is 32.2. The molecule has 0 bridgehead atoms. The van der Waals surface area contributed by atoms with Crippen molar-refractivity contribution in [3.05, 3.63) is 29.6 Å². The lowest BCUT2D eigenvalue weighted by Gasteiger charge is -2.21. The quantitative estimate of drug-likeness (QED) is 0.493. The lowest BCUT2D eigenvalue weighted by atomic mass is 10.1. The Morgan fingerprint density at radius 1 is 1.62 bits per heavy atom. The van der Waals surface area contributed by atoms with E-state index in [0.29, 0.717) is 18.5 Å². The van der Waals surface area contributed by atoms with Gasteiger partial charge in [0, 0.05) is 30.9 Å². The molecule has 0 aliphatic carbocycles. The van der Waals surface area contributed by atoms with E-state index >= 15 is 0 Å². The molecule has 1 fully saturated rings. The van der Waals surface area contributed by atoms with Gasteiger partial charge in [-0.25, -0.2) is 13.3 Å². The molecule has 1 heterocycles. The number of rotatable bonds is 6. The number of halogens is 1. The first-order valence-electron chi connectivity index (χ1n) is 6.25. The Morgan fingerprint density at radius 2 is 2.38 bits per heavy atom. The molecule has 3 atom stereocenters. The number of benzene rings is 1. The lowest BCUT2D eigenvalue weighted by molar-refractivity contribution is -0.117. The fourth-order valence-corrected chi connectivity index (χ4v) is 2.40. The van der Waals surface area contributed by atoms with Gasteiger partial charge in [-0.3, -0.25) is 9.35 Å². The number of anilines is 1. The van der Waals surface area contributed by atoms with Crippen molar-refractivity contribution in [1.82, 2.24) is 4.72 Å². The van der Waals surface area contributed by atoms with Gasteiger partial charge in [0.15, 0.2) is 12.5 Å². The number of hydrogen-bond donors (Lipinski definition) is 3. The summed E-state index contributed by atoms with van der Waals surface area (Å²) in [5, 5.41) is 0. The predicted octanol–water partition coefficient (Wildman–Crippen LogP) is -0.259. The topological polar surface area (TPSA) is 105 Å². The van der Waals surface area contributed by atoms with Gasteiger partial charge in [-0.15, -0.1) is 0 Å². The molecule has 0 spiro atoms. The Kier molecular flexibility index (Phi) is 5.37. The zero-order valence-electron chi connectivity index (χ0n) is 11.1. The summed E-state index contributed by atoms with van der Waals surface area (Å²) in [5.74, 6) is -0.536. The minimum atomic E-state index is -2.20. The fraction of sp³-hybridized carbons (Fsp3) is 0.417. The second kappa shape index (κ2) is 7.05. The maximum atomic E-state index is 14.0. The summed E-state index contributed by atoms with van der Waals surface area (Å²) in [6.07, 6.45) is -0.425. The standard InChI is InChI=1S/C12H16FN3O4S/c13-11-3-9(2-1-8(11)5-15-21(18)19)16-6-10(4-14)20-12(16)7-17/h1-3,7,10,12,15H,4-6,14H2,(H,18,19)/t10-,12?/m0/s1. The molecule has 0 saturated carbocycles. The van der Waals surface area contributed by atoms with Crippen molar-refractivity contribution in [3.63, 3.8) is 0 Å². The molecule has 1 aromatic rings. The maximum absolute atomic E-state index is 14.0. The Bertz CT molecular complexity index is 545. The van der Waals surface area contributed by atoms with Crippen LogP contribution in [0, 0.1) is 5.82 Å². The minimum absolute atomic E-state index is 0.0751. The molecule has 2 unspecified atom stereocenters. The molecule has 7 nitrogen and oxygen atoms in total. The Morgan fingerprint density at radius 3 is 2.95 bits per heavy atom. The zero-order chi connectivity index (χ0) is 15.4. The van der Waals surface area contributed by atoms with E-state index in [2.05, 4.69) is 4.72 Å². The molecule has 0 radical (unpaired) electrons. The molecule has 21 heavy (non-hydrogen) atoms. The highest BCUT2D eigenvalue weighted by Crippen LogP contribution is 2.25. The summed E-state index contributed by atoms with van der Waals surface area (Å²) in [6.45, 7) is 0.597. The monoisotopic (exact) mass is 317 g/mol. The van der Waals surface area contributed by atoms with E-state index in [9.17, 15) is 13.4 Å². The van der Waals surface area contributed by atoms with Crippen molar-refractivity contribution in [3.8, 4) is 0 Å². The van der Waals surface area contributed by atoms with E-state index < -0.39 is 23.3 Å². The molecule has 1 aliphatic rings. The lowest BCUT2D eigenvalue weighted by Crippen LogP contribution is -2.31. The highest BCUT2D eigenvalue weighted by Gasteiger charge is 2.32. The second-order valence-electron chi connectivity index (χ2n) is 4.52. The van der Waals surface area contributed by atoms with Gasteiger partial charge in [-0.1, -0.05) is 6.07 Å². The maximum Gasteiger partial charge on any atom is 0.232 e. The number of nitrogens with two attached hydrogens (primary N) is 1. The molecular weight excluding hydrogens is 301 g/mol. The first-order chi connectivity index (χ1) is 10.0. The number of carbonyl (C=O) groups excluding carboxylic acids is 1. The molecule has 1 saturated heterocycles. The third-order valence-corrected chi connectivity index (χ3v) is 3.56. The van der Waals surface area contributed by atoms with E-state index in [1.54, 1.807) is 11.0 Å². The molecule has 4 N–H and O–H groups in total. The largest absolute Gasteiger partial charge is 0.345 e. The van der Waals surface area contributed by atoms with Gasteiger partial charge < -0.3 is 15.4 Å². The Labute approximate surface area is 123 Å². The smallest absolute Gasteiger partial charge is 0.232 e. The second-order valence-corrected chi connectivity index (χ2v) is 5.31. The van der Waals surface area contributed by atoms with Gasteiger partial charge in [-0.05, 0) is 12.1 Å².